The SMILES string of the molecule is CCCCCN(Cc1nc2ccccc2n1CCCC)C(=O)c1cccc(Br)c1. The molecular formula is C24H30BrN3O. The zero-order chi connectivity index (χ0) is 20.6. The summed E-state index contributed by atoms with van der Waals surface area (Å²) in [6.07, 6.45) is 5.49. The summed E-state index contributed by atoms with van der Waals surface area (Å²) >= 11 is 3.49. The lowest BCUT2D eigenvalue weighted by Gasteiger charge is -2.23. The summed E-state index contributed by atoms with van der Waals surface area (Å²) in [7, 11) is 0. The van der Waals surface area contributed by atoms with Gasteiger partial charge in [0.25, 0.3) is 5.91 Å². The van der Waals surface area contributed by atoms with E-state index < -0.39 is 0 Å². The first kappa shape index (κ1) is 21.6. The number of aromatic nitrogens is 2. The van der Waals surface area contributed by atoms with E-state index in [4.69, 9.17) is 4.98 Å². The number of carbonyl (C=O) groups excluding carboxylic acids is 1. The molecule has 0 aliphatic heterocycles. The largest absolute Gasteiger partial charge is 0.331 e. The topological polar surface area (TPSA) is 38.1 Å². The Morgan fingerprint density at radius 3 is 2.59 bits per heavy atom. The molecule has 154 valence electrons. The van der Waals surface area contributed by atoms with Crippen LogP contribution in [0.25, 0.3) is 11.0 Å². The molecule has 2 aromatic carbocycles. The molecule has 1 aromatic heterocycles. The standard InChI is InChI=1S/C24H30BrN3O/c1-3-5-9-15-27(24(29)19-11-10-12-20(25)17-19)18-23-26-21-13-7-8-14-22(21)28(23)16-6-4-2/h7-8,10-14,17H,3-6,9,15-16,18H2,1-2H3. The van der Waals surface area contributed by atoms with Gasteiger partial charge in [0.05, 0.1) is 17.6 Å². The number of nitrogens with zero attached hydrogens (tertiary/aromatic N) is 3. The maximum absolute atomic E-state index is 13.3. The van der Waals surface area contributed by atoms with Crippen LogP contribution < -0.4 is 0 Å². The van der Waals surface area contributed by atoms with Crippen molar-refractivity contribution in [2.45, 2.75) is 59.0 Å². The molecule has 3 aromatic rings. The van der Waals surface area contributed by atoms with Crippen LogP contribution in [0.1, 0.15) is 62.1 Å². The Kier molecular flexibility index (Phi) is 7.87. The molecule has 0 aliphatic carbocycles. The maximum atomic E-state index is 13.3. The highest BCUT2D eigenvalue weighted by Crippen LogP contribution is 2.20. The fourth-order valence-electron chi connectivity index (χ4n) is 3.59. The third-order valence-corrected chi connectivity index (χ3v) is 5.68. The lowest BCUT2D eigenvalue weighted by Crippen LogP contribution is -2.32. The number of carbonyl (C=O) groups is 1. The van der Waals surface area contributed by atoms with Crippen LogP contribution in [-0.2, 0) is 13.1 Å². The minimum atomic E-state index is 0.0662. The molecule has 1 heterocycles. The van der Waals surface area contributed by atoms with Crippen LogP contribution in [0.2, 0.25) is 0 Å². The van der Waals surface area contributed by atoms with Crippen LogP contribution in [0.5, 0.6) is 0 Å². The van der Waals surface area contributed by atoms with Crippen molar-refractivity contribution in [1.29, 1.82) is 0 Å². The van der Waals surface area contributed by atoms with Crippen molar-refractivity contribution in [3.8, 4) is 0 Å². The lowest BCUT2D eigenvalue weighted by atomic mass is 10.1. The fourth-order valence-corrected chi connectivity index (χ4v) is 3.99. The molecule has 0 saturated carbocycles. The number of benzene rings is 2. The Hall–Kier alpha value is -2.14. The maximum Gasteiger partial charge on any atom is 0.254 e. The number of unbranched alkanes of at least 4 members (excludes halogenated alkanes) is 3. The number of halogens is 1. The van der Waals surface area contributed by atoms with Crippen molar-refractivity contribution >= 4 is 32.9 Å². The lowest BCUT2D eigenvalue weighted by molar-refractivity contribution is 0.0734. The third kappa shape index (κ3) is 5.47. The van der Waals surface area contributed by atoms with Gasteiger partial charge < -0.3 is 9.47 Å². The molecule has 29 heavy (non-hydrogen) atoms. The number of rotatable bonds is 10. The van der Waals surface area contributed by atoms with Gasteiger partial charge in [-0.15, -0.1) is 0 Å². The number of hydrogen-bond acceptors (Lipinski definition) is 2. The smallest absolute Gasteiger partial charge is 0.254 e. The van der Waals surface area contributed by atoms with Crippen molar-refractivity contribution in [3.63, 3.8) is 0 Å². The molecule has 0 bridgehead atoms. The molecule has 0 N–H and O–H groups in total. The summed E-state index contributed by atoms with van der Waals surface area (Å²) in [5.74, 6) is 1.04. The van der Waals surface area contributed by atoms with Gasteiger partial charge in [0, 0.05) is 23.1 Å². The minimum Gasteiger partial charge on any atom is -0.331 e. The molecule has 0 fully saturated rings. The normalized spacial score (nSPS) is 11.1. The Labute approximate surface area is 182 Å². The highest BCUT2D eigenvalue weighted by atomic mass is 79.9. The number of amides is 1. The van der Waals surface area contributed by atoms with Gasteiger partial charge in [-0.2, -0.15) is 0 Å². The molecule has 5 heteroatoms. The average Bonchev–Trinajstić information content (AvgIpc) is 3.08. The van der Waals surface area contributed by atoms with Gasteiger partial charge in [0.15, 0.2) is 0 Å². The molecule has 0 radical (unpaired) electrons. The van der Waals surface area contributed by atoms with E-state index in [-0.39, 0.29) is 5.91 Å². The zero-order valence-electron chi connectivity index (χ0n) is 17.4. The van der Waals surface area contributed by atoms with E-state index in [1.807, 2.05) is 35.2 Å². The van der Waals surface area contributed by atoms with Gasteiger partial charge in [-0.3, -0.25) is 4.79 Å². The molecular weight excluding hydrogens is 426 g/mol. The first-order valence-electron chi connectivity index (χ1n) is 10.6. The summed E-state index contributed by atoms with van der Waals surface area (Å²) in [6.45, 7) is 6.60. The van der Waals surface area contributed by atoms with Crippen molar-refractivity contribution in [2.75, 3.05) is 6.54 Å². The highest BCUT2D eigenvalue weighted by Gasteiger charge is 2.20. The number of aryl methyl sites for hydroxylation is 1. The average molecular weight is 456 g/mol. The van der Waals surface area contributed by atoms with Gasteiger partial charge in [-0.1, -0.05) is 67.2 Å². The van der Waals surface area contributed by atoms with E-state index in [1.54, 1.807) is 0 Å². The summed E-state index contributed by atoms with van der Waals surface area (Å²) in [6, 6.07) is 15.9. The molecule has 0 unspecified atom stereocenters. The Balaban J connectivity index is 1.91. The summed E-state index contributed by atoms with van der Waals surface area (Å²) in [5.41, 5.74) is 2.87. The fraction of sp³-hybridized carbons (Fsp3) is 0.417. The van der Waals surface area contributed by atoms with Crippen LogP contribution in [0.3, 0.4) is 0 Å². The number of para-hydroxylation sites is 2. The van der Waals surface area contributed by atoms with E-state index in [0.717, 1.165) is 66.5 Å². The van der Waals surface area contributed by atoms with Crippen LogP contribution >= 0.6 is 15.9 Å². The van der Waals surface area contributed by atoms with Crippen molar-refractivity contribution in [1.82, 2.24) is 14.5 Å². The summed E-state index contributed by atoms with van der Waals surface area (Å²) in [5, 5.41) is 0. The monoisotopic (exact) mass is 455 g/mol. The van der Waals surface area contributed by atoms with E-state index in [9.17, 15) is 4.79 Å². The Morgan fingerprint density at radius 2 is 1.83 bits per heavy atom. The second-order valence-corrected chi connectivity index (χ2v) is 8.38. The van der Waals surface area contributed by atoms with Crippen molar-refractivity contribution < 1.29 is 4.79 Å². The van der Waals surface area contributed by atoms with Crippen LogP contribution in [-0.4, -0.2) is 26.9 Å². The molecule has 4 nitrogen and oxygen atoms in total. The number of hydrogen-bond donors (Lipinski definition) is 0. The number of fused-ring (bicyclic) bond motifs is 1. The van der Waals surface area contributed by atoms with Crippen LogP contribution in [0, 0.1) is 0 Å². The van der Waals surface area contributed by atoms with Gasteiger partial charge in [-0.05, 0) is 43.2 Å². The second-order valence-electron chi connectivity index (χ2n) is 7.47. The summed E-state index contributed by atoms with van der Waals surface area (Å²) in [4.78, 5) is 20.2. The minimum absolute atomic E-state index is 0.0662. The predicted octanol–water partition coefficient (Wildman–Crippen LogP) is 6.43. The van der Waals surface area contributed by atoms with Crippen molar-refractivity contribution in [2.24, 2.45) is 0 Å². The first-order chi connectivity index (χ1) is 14.1. The van der Waals surface area contributed by atoms with E-state index in [2.05, 4.69) is 52.5 Å². The second kappa shape index (κ2) is 10.6. The van der Waals surface area contributed by atoms with E-state index in [0.29, 0.717) is 12.1 Å². The summed E-state index contributed by atoms with van der Waals surface area (Å²) < 4.78 is 3.21. The molecule has 0 spiro atoms. The molecule has 3 rings (SSSR count). The molecule has 0 aliphatic rings. The quantitative estimate of drug-likeness (QED) is 0.330. The predicted molar refractivity (Wildman–Crippen MR) is 123 cm³/mol. The highest BCUT2D eigenvalue weighted by molar-refractivity contribution is 9.10. The van der Waals surface area contributed by atoms with E-state index >= 15 is 0 Å². The van der Waals surface area contributed by atoms with Gasteiger partial charge >= 0.3 is 0 Å². The van der Waals surface area contributed by atoms with Gasteiger partial charge in [-0.25, -0.2) is 4.98 Å². The third-order valence-electron chi connectivity index (χ3n) is 5.19. The van der Waals surface area contributed by atoms with Gasteiger partial charge in [0.1, 0.15) is 5.82 Å². The number of imidazole rings is 1. The first-order valence-corrected chi connectivity index (χ1v) is 11.4. The van der Waals surface area contributed by atoms with Crippen LogP contribution in [0.15, 0.2) is 53.0 Å². The van der Waals surface area contributed by atoms with E-state index in [1.165, 1.54) is 0 Å². The molecule has 0 atom stereocenters. The zero-order valence-corrected chi connectivity index (χ0v) is 19.0. The molecule has 0 saturated heterocycles. The van der Waals surface area contributed by atoms with Gasteiger partial charge in [0.2, 0.25) is 0 Å². The Bertz CT molecular complexity index is 950. The Morgan fingerprint density at radius 1 is 1.03 bits per heavy atom. The van der Waals surface area contributed by atoms with Crippen molar-refractivity contribution in [3.05, 3.63) is 64.4 Å². The van der Waals surface area contributed by atoms with Crippen LogP contribution in [0.4, 0.5) is 0 Å². The molecule has 1 amide bonds.